The summed E-state index contributed by atoms with van der Waals surface area (Å²) >= 11 is 0. The SMILES string of the molecule is CC1(C)CCC(OC(=O)NC(CCN(CCCCc2ccc3c(n2)NCCC3)C2CC2)C(=O)O)CC1. The Morgan fingerprint density at radius 3 is 2.69 bits per heavy atom. The van der Waals surface area contributed by atoms with Gasteiger partial charge in [0.25, 0.3) is 0 Å². The van der Waals surface area contributed by atoms with Crippen molar-refractivity contribution in [2.75, 3.05) is 25.0 Å². The molecule has 0 aromatic carbocycles. The van der Waals surface area contributed by atoms with Crippen LogP contribution in [0.4, 0.5) is 10.6 Å². The molecular formula is C28H44N4O4. The van der Waals surface area contributed by atoms with Crippen LogP contribution in [0.1, 0.15) is 89.3 Å². The van der Waals surface area contributed by atoms with E-state index in [-0.39, 0.29) is 6.10 Å². The zero-order valence-electron chi connectivity index (χ0n) is 22.1. The van der Waals surface area contributed by atoms with Crippen LogP contribution in [0.2, 0.25) is 0 Å². The minimum absolute atomic E-state index is 0.115. The molecule has 0 spiro atoms. The summed E-state index contributed by atoms with van der Waals surface area (Å²) in [6, 6.07) is 3.98. The van der Waals surface area contributed by atoms with Gasteiger partial charge in [-0.3, -0.25) is 0 Å². The van der Waals surface area contributed by atoms with Gasteiger partial charge in [0.15, 0.2) is 0 Å². The summed E-state index contributed by atoms with van der Waals surface area (Å²) in [5.41, 5.74) is 2.75. The van der Waals surface area contributed by atoms with Crippen LogP contribution >= 0.6 is 0 Å². The van der Waals surface area contributed by atoms with Gasteiger partial charge >= 0.3 is 12.1 Å². The zero-order valence-corrected chi connectivity index (χ0v) is 22.1. The molecule has 8 heteroatoms. The number of hydrogen-bond acceptors (Lipinski definition) is 6. The van der Waals surface area contributed by atoms with Gasteiger partial charge in [0, 0.05) is 24.8 Å². The molecule has 1 aliphatic heterocycles. The molecule has 0 bridgehead atoms. The molecule has 8 nitrogen and oxygen atoms in total. The smallest absolute Gasteiger partial charge is 0.408 e. The average molecular weight is 501 g/mol. The normalized spacial score (nSPS) is 20.3. The first-order valence-electron chi connectivity index (χ1n) is 14.0. The third-order valence-electron chi connectivity index (χ3n) is 8.00. The highest BCUT2D eigenvalue weighted by Gasteiger charge is 2.32. The monoisotopic (exact) mass is 500 g/mol. The van der Waals surface area contributed by atoms with Gasteiger partial charge in [-0.25, -0.2) is 14.6 Å². The molecule has 0 saturated heterocycles. The van der Waals surface area contributed by atoms with Crippen LogP contribution in [0.25, 0.3) is 0 Å². The van der Waals surface area contributed by atoms with Gasteiger partial charge in [-0.2, -0.15) is 0 Å². The molecule has 1 atom stereocenters. The van der Waals surface area contributed by atoms with Crippen molar-refractivity contribution >= 4 is 17.9 Å². The molecule has 1 aromatic rings. The second kappa shape index (κ2) is 12.3. The van der Waals surface area contributed by atoms with E-state index in [4.69, 9.17) is 9.72 Å². The van der Waals surface area contributed by atoms with E-state index in [1.54, 1.807) is 0 Å². The molecular weight excluding hydrogens is 456 g/mol. The molecule has 1 unspecified atom stereocenters. The number of unbranched alkanes of at least 4 members (excludes halogenated alkanes) is 1. The molecule has 200 valence electrons. The highest BCUT2D eigenvalue weighted by atomic mass is 16.6. The Kier molecular flexibility index (Phi) is 9.09. The lowest BCUT2D eigenvalue weighted by Gasteiger charge is -2.34. The molecule has 2 saturated carbocycles. The third kappa shape index (κ3) is 8.08. The van der Waals surface area contributed by atoms with Gasteiger partial charge in [-0.15, -0.1) is 0 Å². The molecule has 2 aliphatic carbocycles. The lowest BCUT2D eigenvalue weighted by molar-refractivity contribution is -0.139. The second-order valence-corrected chi connectivity index (χ2v) is 11.7. The number of carboxylic acids is 1. The van der Waals surface area contributed by atoms with Crippen molar-refractivity contribution in [3.8, 4) is 0 Å². The van der Waals surface area contributed by atoms with Gasteiger partial charge < -0.3 is 25.4 Å². The van der Waals surface area contributed by atoms with E-state index in [0.29, 0.717) is 24.4 Å². The number of anilines is 1. The summed E-state index contributed by atoms with van der Waals surface area (Å²) in [5.74, 6) is 0.0518. The maximum Gasteiger partial charge on any atom is 0.408 e. The lowest BCUT2D eigenvalue weighted by Crippen LogP contribution is -2.45. The number of carbonyl (C=O) groups is 2. The van der Waals surface area contributed by atoms with Crippen molar-refractivity contribution in [2.45, 2.75) is 109 Å². The number of alkyl carbamates (subject to hydrolysis) is 1. The lowest BCUT2D eigenvalue weighted by atomic mass is 9.76. The topological polar surface area (TPSA) is 104 Å². The standard InChI is InChI=1S/C28H44N4O4/c1-28(2)15-12-23(13-16-28)36-27(35)31-24(26(33)34)14-19-32(22-10-11-22)18-4-3-7-21-9-8-20-6-5-17-29-25(20)30-21/h8-9,22-24H,3-7,10-19H2,1-2H3,(H,29,30)(H,31,35)(H,33,34). The van der Waals surface area contributed by atoms with E-state index >= 15 is 0 Å². The fraction of sp³-hybridized carbons (Fsp3) is 0.750. The van der Waals surface area contributed by atoms with E-state index in [1.165, 1.54) is 24.8 Å². The minimum Gasteiger partial charge on any atom is -0.480 e. The first kappa shape index (κ1) is 26.7. The number of rotatable bonds is 12. The van der Waals surface area contributed by atoms with Crippen LogP contribution in [-0.4, -0.2) is 64.9 Å². The molecule has 3 N–H and O–H groups in total. The van der Waals surface area contributed by atoms with Gasteiger partial charge in [-0.1, -0.05) is 19.9 Å². The number of aliphatic carboxylic acids is 1. The summed E-state index contributed by atoms with van der Waals surface area (Å²) < 4.78 is 5.55. The van der Waals surface area contributed by atoms with Gasteiger partial charge in [0.05, 0.1) is 0 Å². The predicted molar refractivity (Wildman–Crippen MR) is 140 cm³/mol. The first-order chi connectivity index (χ1) is 17.3. The van der Waals surface area contributed by atoms with Crippen LogP contribution in [-0.2, 0) is 22.4 Å². The van der Waals surface area contributed by atoms with Crippen LogP contribution in [0.3, 0.4) is 0 Å². The summed E-state index contributed by atoms with van der Waals surface area (Å²) in [6.07, 6.45) is 11.1. The fourth-order valence-electron chi connectivity index (χ4n) is 5.42. The summed E-state index contributed by atoms with van der Waals surface area (Å²) in [6.45, 7) is 7.08. The summed E-state index contributed by atoms with van der Waals surface area (Å²) in [7, 11) is 0. The Bertz CT molecular complexity index is 892. The summed E-state index contributed by atoms with van der Waals surface area (Å²) in [4.78, 5) is 31.4. The number of carbonyl (C=O) groups excluding carboxylic acids is 1. The molecule has 3 aliphatic rings. The van der Waals surface area contributed by atoms with E-state index in [0.717, 1.165) is 76.0 Å². The molecule has 1 amide bonds. The number of ether oxygens (including phenoxy) is 1. The molecule has 36 heavy (non-hydrogen) atoms. The highest BCUT2D eigenvalue weighted by molar-refractivity contribution is 5.79. The average Bonchev–Trinajstić information content (AvgIpc) is 3.69. The van der Waals surface area contributed by atoms with Crippen LogP contribution < -0.4 is 10.6 Å². The van der Waals surface area contributed by atoms with Crippen molar-refractivity contribution in [3.63, 3.8) is 0 Å². The van der Waals surface area contributed by atoms with Gasteiger partial charge in [-0.05, 0) is 101 Å². The summed E-state index contributed by atoms with van der Waals surface area (Å²) in [5, 5.41) is 15.7. The number of aryl methyl sites for hydroxylation is 2. The number of hydrogen-bond donors (Lipinski definition) is 3. The Hall–Kier alpha value is -2.35. The van der Waals surface area contributed by atoms with Crippen molar-refractivity contribution < 1.29 is 19.4 Å². The minimum atomic E-state index is -1.00. The Balaban J connectivity index is 1.18. The molecule has 1 aromatic heterocycles. The van der Waals surface area contributed by atoms with E-state index in [2.05, 4.69) is 41.5 Å². The quantitative estimate of drug-likeness (QED) is 0.355. The number of nitrogens with zero attached hydrogens (tertiary/aromatic N) is 2. The molecule has 2 fully saturated rings. The number of pyridine rings is 1. The van der Waals surface area contributed by atoms with Crippen molar-refractivity contribution in [2.24, 2.45) is 5.41 Å². The van der Waals surface area contributed by atoms with Gasteiger partial charge in [0.2, 0.25) is 0 Å². The number of aromatic nitrogens is 1. The number of amides is 1. The zero-order chi connectivity index (χ0) is 25.5. The van der Waals surface area contributed by atoms with E-state index in [9.17, 15) is 14.7 Å². The Morgan fingerprint density at radius 1 is 1.19 bits per heavy atom. The third-order valence-corrected chi connectivity index (χ3v) is 8.00. The maximum absolute atomic E-state index is 12.4. The largest absolute Gasteiger partial charge is 0.480 e. The van der Waals surface area contributed by atoms with E-state index in [1.807, 2.05) is 0 Å². The fourth-order valence-corrected chi connectivity index (χ4v) is 5.42. The molecule has 4 rings (SSSR count). The van der Waals surface area contributed by atoms with Crippen LogP contribution in [0.5, 0.6) is 0 Å². The second-order valence-electron chi connectivity index (χ2n) is 11.7. The van der Waals surface area contributed by atoms with Crippen LogP contribution in [0.15, 0.2) is 12.1 Å². The highest BCUT2D eigenvalue weighted by Crippen LogP contribution is 2.36. The number of fused-ring (bicyclic) bond motifs is 1. The predicted octanol–water partition coefficient (Wildman–Crippen LogP) is 4.77. The maximum atomic E-state index is 12.4. The first-order valence-corrected chi connectivity index (χ1v) is 14.0. The van der Waals surface area contributed by atoms with Crippen LogP contribution in [0, 0.1) is 5.41 Å². The number of carboxylic acid groups (broad SMARTS) is 1. The van der Waals surface area contributed by atoms with Crippen molar-refractivity contribution in [3.05, 3.63) is 23.4 Å². The van der Waals surface area contributed by atoms with E-state index < -0.39 is 18.1 Å². The molecule has 2 heterocycles. The van der Waals surface area contributed by atoms with Crippen molar-refractivity contribution in [1.29, 1.82) is 0 Å². The molecule has 0 radical (unpaired) electrons. The Morgan fingerprint density at radius 2 is 1.97 bits per heavy atom. The van der Waals surface area contributed by atoms with Gasteiger partial charge in [0.1, 0.15) is 18.0 Å². The number of nitrogens with one attached hydrogen (secondary N) is 2. The Labute approximate surface area is 215 Å². The van der Waals surface area contributed by atoms with Crippen molar-refractivity contribution in [1.82, 2.24) is 15.2 Å².